The van der Waals surface area contributed by atoms with Gasteiger partial charge in [0.15, 0.2) is 0 Å². The molecule has 2 aliphatic rings. The summed E-state index contributed by atoms with van der Waals surface area (Å²) in [6.07, 6.45) is 6.42. The van der Waals surface area contributed by atoms with E-state index in [1.54, 1.807) is 7.11 Å². The summed E-state index contributed by atoms with van der Waals surface area (Å²) >= 11 is 3.67. The van der Waals surface area contributed by atoms with Crippen molar-refractivity contribution < 1.29 is 9.47 Å². The first-order valence-corrected chi connectivity index (χ1v) is 7.58. The standard InChI is InChI=1S/C15H19BrO2/c1-17-13-4-2-12(3-5-13)14(16)18-15-8-6-11(10-15)7-9-15/h2-5,11,14H,6-10H2,1H3. The van der Waals surface area contributed by atoms with E-state index in [0.29, 0.717) is 0 Å². The Labute approximate surface area is 117 Å². The summed E-state index contributed by atoms with van der Waals surface area (Å²) in [7, 11) is 1.69. The summed E-state index contributed by atoms with van der Waals surface area (Å²) < 4.78 is 11.5. The smallest absolute Gasteiger partial charge is 0.138 e. The van der Waals surface area contributed by atoms with Crippen LogP contribution in [0.4, 0.5) is 0 Å². The van der Waals surface area contributed by atoms with Gasteiger partial charge >= 0.3 is 0 Å². The third kappa shape index (κ3) is 2.30. The fraction of sp³-hybridized carbons (Fsp3) is 0.600. The summed E-state index contributed by atoms with van der Waals surface area (Å²) in [4.78, 5) is 0. The molecule has 18 heavy (non-hydrogen) atoms. The quantitative estimate of drug-likeness (QED) is 0.766. The van der Waals surface area contributed by atoms with E-state index < -0.39 is 0 Å². The lowest BCUT2D eigenvalue weighted by atomic mass is 9.97. The van der Waals surface area contributed by atoms with Crippen LogP contribution in [-0.4, -0.2) is 12.7 Å². The Balaban J connectivity index is 1.68. The maximum atomic E-state index is 6.33. The van der Waals surface area contributed by atoms with Crippen LogP contribution in [0.15, 0.2) is 24.3 Å². The van der Waals surface area contributed by atoms with Crippen molar-refractivity contribution in [1.29, 1.82) is 0 Å². The van der Waals surface area contributed by atoms with Crippen molar-refractivity contribution in [2.24, 2.45) is 5.92 Å². The Morgan fingerprint density at radius 2 is 1.89 bits per heavy atom. The molecular weight excluding hydrogens is 292 g/mol. The molecule has 98 valence electrons. The van der Waals surface area contributed by atoms with Crippen LogP contribution in [0, 0.1) is 5.92 Å². The second-order valence-electron chi connectivity index (χ2n) is 5.54. The molecule has 2 nitrogen and oxygen atoms in total. The van der Waals surface area contributed by atoms with Gasteiger partial charge in [-0.25, -0.2) is 0 Å². The highest BCUT2D eigenvalue weighted by Crippen LogP contribution is 2.52. The Morgan fingerprint density at radius 1 is 1.22 bits per heavy atom. The lowest BCUT2D eigenvalue weighted by Crippen LogP contribution is -2.27. The van der Waals surface area contributed by atoms with Gasteiger partial charge in [-0.1, -0.05) is 28.1 Å². The van der Waals surface area contributed by atoms with Gasteiger partial charge in [0.2, 0.25) is 0 Å². The van der Waals surface area contributed by atoms with Crippen LogP contribution in [0.2, 0.25) is 0 Å². The highest BCUT2D eigenvalue weighted by molar-refractivity contribution is 9.09. The van der Waals surface area contributed by atoms with Gasteiger partial charge in [0.05, 0.1) is 12.7 Å². The topological polar surface area (TPSA) is 18.5 Å². The molecule has 2 bridgehead atoms. The zero-order valence-corrected chi connectivity index (χ0v) is 12.3. The molecule has 0 radical (unpaired) electrons. The van der Waals surface area contributed by atoms with E-state index >= 15 is 0 Å². The zero-order chi connectivity index (χ0) is 12.6. The summed E-state index contributed by atoms with van der Waals surface area (Å²) in [5.74, 6) is 1.80. The molecule has 0 aliphatic heterocycles. The third-order valence-electron chi connectivity index (χ3n) is 4.41. The van der Waals surface area contributed by atoms with Crippen LogP contribution in [-0.2, 0) is 4.74 Å². The third-order valence-corrected chi connectivity index (χ3v) is 5.12. The summed E-state index contributed by atoms with van der Waals surface area (Å²) in [5.41, 5.74) is 1.32. The number of alkyl halides is 1. The number of ether oxygens (including phenoxy) is 2. The number of fused-ring (bicyclic) bond motifs is 2. The van der Waals surface area contributed by atoms with E-state index in [4.69, 9.17) is 9.47 Å². The van der Waals surface area contributed by atoms with E-state index in [-0.39, 0.29) is 10.6 Å². The molecule has 0 saturated heterocycles. The van der Waals surface area contributed by atoms with E-state index in [1.807, 2.05) is 12.1 Å². The molecule has 2 fully saturated rings. The second-order valence-corrected chi connectivity index (χ2v) is 6.37. The normalized spacial score (nSPS) is 31.6. The van der Waals surface area contributed by atoms with E-state index in [0.717, 1.165) is 11.7 Å². The Hall–Kier alpha value is -0.540. The molecule has 0 N–H and O–H groups in total. The first-order valence-electron chi connectivity index (χ1n) is 6.67. The molecule has 3 heteroatoms. The number of halogens is 1. The molecule has 2 saturated carbocycles. The van der Waals surface area contributed by atoms with Crippen LogP contribution < -0.4 is 4.74 Å². The van der Waals surface area contributed by atoms with Gasteiger partial charge in [-0.05, 0) is 55.7 Å². The molecule has 0 aromatic heterocycles. The molecule has 0 amide bonds. The molecule has 1 aromatic carbocycles. The van der Waals surface area contributed by atoms with Crippen LogP contribution in [0.3, 0.4) is 0 Å². The van der Waals surface area contributed by atoms with E-state index in [2.05, 4.69) is 28.1 Å². The predicted octanol–water partition coefficient (Wildman–Crippen LogP) is 4.44. The average Bonchev–Trinajstić information content (AvgIpc) is 2.98. The number of hydrogen-bond acceptors (Lipinski definition) is 2. The van der Waals surface area contributed by atoms with Crippen LogP contribution in [0.5, 0.6) is 5.75 Å². The van der Waals surface area contributed by atoms with E-state index in [9.17, 15) is 0 Å². The Kier molecular flexibility index (Phi) is 3.37. The van der Waals surface area contributed by atoms with Gasteiger partial charge in [-0.15, -0.1) is 0 Å². The fourth-order valence-corrected chi connectivity index (χ4v) is 4.05. The van der Waals surface area contributed by atoms with Crippen molar-refractivity contribution in [2.75, 3.05) is 7.11 Å². The van der Waals surface area contributed by atoms with Gasteiger partial charge < -0.3 is 9.47 Å². The first-order chi connectivity index (χ1) is 8.71. The molecule has 1 atom stereocenters. The predicted molar refractivity (Wildman–Crippen MR) is 75.1 cm³/mol. The van der Waals surface area contributed by atoms with Crippen molar-refractivity contribution in [3.05, 3.63) is 29.8 Å². The number of methoxy groups -OCH3 is 1. The molecule has 2 aliphatic carbocycles. The summed E-state index contributed by atoms with van der Waals surface area (Å²) in [6, 6.07) is 8.10. The Morgan fingerprint density at radius 3 is 2.39 bits per heavy atom. The SMILES string of the molecule is COc1ccc(C(Br)OC23CCC(CC2)C3)cc1. The summed E-state index contributed by atoms with van der Waals surface area (Å²) in [6.45, 7) is 0. The molecule has 1 aromatic rings. The monoisotopic (exact) mass is 310 g/mol. The van der Waals surface area contributed by atoms with Gasteiger partial charge in [-0.2, -0.15) is 0 Å². The van der Waals surface area contributed by atoms with Gasteiger partial charge in [0, 0.05) is 0 Å². The largest absolute Gasteiger partial charge is 0.497 e. The van der Waals surface area contributed by atoms with Crippen LogP contribution in [0.25, 0.3) is 0 Å². The first kappa shape index (κ1) is 12.5. The number of benzene rings is 1. The number of hydrogen-bond donors (Lipinski definition) is 0. The van der Waals surface area contributed by atoms with Crippen molar-refractivity contribution in [2.45, 2.75) is 42.7 Å². The minimum atomic E-state index is 0.000237. The van der Waals surface area contributed by atoms with Gasteiger partial charge in [0.1, 0.15) is 10.8 Å². The lowest BCUT2D eigenvalue weighted by Gasteiger charge is -2.30. The molecule has 3 rings (SSSR count). The summed E-state index contributed by atoms with van der Waals surface area (Å²) in [5, 5.41) is 0.000237. The number of rotatable bonds is 4. The maximum Gasteiger partial charge on any atom is 0.138 e. The maximum absolute atomic E-state index is 6.33. The lowest BCUT2D eigenvalue weighted by molar-refractivity contribution is -0.0501. The highest BCUT2D eigenvalue weighted by Gasteiger charge is 2.46. The molecule has 0 spiro atoms. The second kappa shape index (κ2) is 4.86. The average molecular weight is 311 g/mol. The molecule has 1 unspecified atom stereocenters. The fourth-order valence-electron chi connectivity index (χ4n) is 3.35. The van der Waals surface area contributed by atoms with Crippen LogP contribution in [0.1, 0.15) is 42.7 Å². The van der Waals surface area contributed by atoms with Crippen molar-refractivity contribution >= 4 is 15.9 Å². The minimum absolute atomic E-state index is 0.000237. The van der Waals surface area contributed by atoms with Crippen molar-refractivity contribution in [1.82, 2.24) is 0 Å². The van der Waals surface area contributed by atoms with Crippen molar-refractivity contribution in [3.63, 3.8) is 0 Å². The van der Waals surface area contributed by atoms with Crippen molar-refractivity contribution in [3.8, 4) is 5.75 Å². The van der Waals surface area contributed by atoms with Gasteiger partial charge in [-0.3, -0.25) is 0 Å². The zero-order valence-electron chi connectivity index (χ0n) is 10.7. The van der Waals surface area contributed by atoms with E-state index in [1.165, 1.54) is 37.7 Å². The Bertz CT molecular complexity index is 407. The van der Waals surface area contributed by atoms with Gasteiger partial charge in [0.25, 0.3) is 0 Å². The molecule has 0 heterocycles. The minimum Gasteiger partial charge on any atom is -0.497 e. The van der Waals surface area contributed by atoms with Crippen LogP contribution >= 0.6 is 15.9 Å². The molecular formula is C15H19BrO2. The highest BCUT2D eigenvalue weighted by atomic mass is 79.9.